The zero-order valence-corrected chi connectivity index (χ0v) is 15.4. The lowest BCUT2D eigenvalue weighted by atomic mass is 10.1. The van der Waals surface area contributed by atoms with E-state index in [0.717, 1.165) is 25.9 Å². The van der Waals surface area contributed by atoms with Gasteiger partial charge in [-0.3, -0.25) is 4.79 Å². The van der Waals surface area contributed by atoms with Crippen molar-refractivity contribution in [2.75, 3.05) is 13.1 Å². The largest absolute Gasteiger partial charge is 0.343 e. The third kappa shape index (κ3) is 12.9. The number of hydrogen-bond acceptors (Lipinski definition) is 1. The number of amides is 1. The Hall–Kier alpha value is -0.790. The predicted octanol–water partition coefficient (Wildman–Crippen LogP) is 6.11. The summed E-state index contributed by atoms with van der Waals surface area (Å²) < 4.78 is 0. The fourth-order valence-corrected chi connectivity index (χ4v) is 2.73. The molecule has 0 unspecified atom stereocenters. The Balaban J connectivity index is 3.30. The van der Waals surface area contributed by atoms with Gasteiger partial charge in [0.25, 0.3) is 0 Å². The lowest BCUT2D eigenvalue weighted by molar-refractivity contribution is -0.130. The first-order valence-electron chi connectivity index (χ1n) is 9.68. The average molecular weight is 310 g/mol. The maximum Gasteiger partial charge on any atom is 0.222 e. The van der Waals surface area contributed by atoms with E-state index in [0.29, 0.717) is 5.91 Å². The molecule has 0 radical (unpaired) electrons. The van der Waals surface area contributed by atoms with Crippen LogP contribution in [-0.2, 0) is 4.79 Å². The Kier molecular flexibility index (Phi) is 16.0. The van der Waals surface area contributed by atoms with Gasteiger partial charge in [0.1, 0.15) is 0 Å². The number of rotatable bonds is 15. The first-order chi connectivity index (χ1) is 10.8. The molecule has 22 heavy (non-hydrogen) atoms. The van der Waals surface area contributed by atoms with Crippen LogP contribution in [0.2, 0.25) is 0 Å². The van der Waals surface area contributed by atoms with Crippen LogP contribution in [0.25, 0.3) is 0 Å². The van der Waals surface area contributed by atoms with Gasteiger partial charge < -0.3 is 4.90 Å². The minimum atomic E-state index is 0.330. The quantitative estimate of drug-likeness (QED) is 0.264. The minimum Gasteiger partial charge on any atom is -0.343 e. The Morgan fingerprint density at radius 1 is 0.727 bits per heavy atom. The van der Waals surface area contributed by atoms with Crippen LogP contribution in [0, 0.1) is 0 Å². The standard InChI is InChI=1S/C20H39NO/c1-4-7-8-9-10-11-12-13-14-15-16-17-18-19-20(22)21(5-2)6-3/h11-12H,4-10,13-19H2,1-3H3. The Labute approximate surface area is 139 Å². The highest BCUT2D eigenvalue weighted by atomic mass is 16.2. The van der Waals surface area contributed by atoms with Crippen LogP contribution in [0.1, 0.15) is 97.8 Å². The van der Waals surface area contributed by atoms with Gasteiger partial charge in [-0.2, -0.15) is 0 Å². The van der Waals surface area contributed by atoms with Gasteiger partial charge in [0.2, 0.25) is 5.91 Å². The highest BCUT2D eigenvalue weighted by molar-refractivity contribution is 5.75. The van der Waals surface area contributed by atoms with E-state index in [1.54, 1.807) is 0 Å². The predicted molar refractivity (Wildman–Crippen MR) is 98.1 cm³/mol. The number of hydrogen-bond donors (Lipinski definition) is 0. The highest BCUT2D eigenvalue weighted by Crippen LogP contribution is 2.09. The van der Waals surface area contributed by atoms with Gasteiger partial charge in [-0.15, -0.1) is 0 Å². The van der Waals surface area contributed by atoms with Crippen LogP contribution in [0.15, 0.2) is 12.2 Å². The average Bonchev–Trinajstić information content (AvgIpc) is 2.53. The molecule has 0 aromatic rings. The third-order valence-corrected chi connectivity index (χ3v) is 4.27. The molecule has 0 fully saturated rings. The molecule has 0 aromatic carbocycles. The Morgan fingerprint density at radius 2 is 1.23 bits per heavy atom. The summed E-state index contributed by atoms with van der Waals surface area (Å²) in [5, 5.41) is 0. The fourth-order valence-electron chi connectivity index (χ4n) is 2.73. The number of carbonyl (C=O) groups is 1. The molecule has 2 nitrogen and oxygen atoms in total. The Morgan fingerprint density at radius 3 is 1.77 bits per heavy atom. The summed E-state index contributed by atoms with van der Waals surface area (Å²) >= 11 is 0. The molecule has 0 aliphatic heterocycles. The smallest absolute Gasteiger partial charge is 0.222 e. The molecule has 0 N–H and O–H groups in total. The molecular formula is C20H39NO. The van der Waals surface area contributed by atoms with Crippen LogP contribution in [0.4, 0.5) is 0 Å². The molecule has 0 rings (SSSR count). The molecule has 0 bridgehead atoms. The maximum atomic E-state index is 11.8. The molecule has 0 saturated carbocycles. The van der Waals surface area contributed by atoms with Gasteiger partial charge in [-0.05, 0) is 46.0 Å². The van der Waals surface area contributed by atoms with Crippen LogP contribution in [0.3, 0.4) is 0 Å². The molecule has 0 aromatic heterocycles. The molecule has 0 heterocycles. The van der Waals surface area contributed by atoms with E-state index in [4.69, 9.17) is 0 Å². The van der Waals surface area contributed by atoms with Gasteiger partial charge in [-0.25, -0.2) is 0 Å². The second-order valence-electron chi connectivity index (χ2n) is 6.19. The van der Waals surface area contributed by atoms with Crippen molar-refractivity contribution < 1.29 is 4.79 Å². The van der Waals surface area contributed by atoms with E-state index < -0.39 is 0 Å². The number of carbonyl (C=O) groups excluding carboxylic acids is 1. The second kappa shape index (κ2) is 16.6. The molecule has 0 aliphatic carbocycles. The molecular weight excluding hydrogens is 270 g/mol. The third-order valence-electron chi connectivity index (χ3n) is 4.27. The highest BCUT2D eigenvalue weighted by Gasteiger charge is 2.07. The van der Waals surface area contributed by atoms with Crippen molar-refractivity contribution in [3.05, 3.63) is 12.2 Å². The van der Waals surface area contributed by atoms with E-state index in [-0.39, 0.29) is 0 Å². The van der Waals surface area contributed by atoms with E-state index in [9.17, 15) is 4.79 Å². The second-order valence-corrected chi connectivity index (χ2v) is 6.19. The summed E-state index contributed by atoms with van der Waals surface area (Å²) in [6, 6.07) is 0. The van der Waals surface area contributed by atoms with Gasteiger partial charge in [0.15, 0.2) is 0 Å². The fraction of sp³-hybridized carbons (Fsp3) is 0.850. The summed E-state index contributed by atoms with van der Waals surface area (Å²) in [6.45, 7) is 8.06. The maximum absolute atomic E-state index is 11.8. The van der Waals surface area contributed by atoms with Crippen LogP contribution in [-0.4, -0.2) is 23.9 Å². The molecule has 0 aliphatic rings. The Bertz CT molecular complexity index is 269. The molecule has 1 amide bonds. The summed E-state index contributed by atoms with van der Waals surface area (Å²) in [5.74, 6) is 0.330. The van der Waals surface area contributed by atoms with Crippen molar-refractivity contribution in [1.82, 2.24) is 4.90 Å². The molecule has 0 saturated heterocycles. The van der Waals surface area contributed by atoms with Crippen molar-refractivity contribution in [3.8, 4) is 0 Å². The lowest BCUT2D eigenvalue weighted by Crippen LogP contribution is -2.30. The molecule has 130 valence electrons. The van der Waals surface area contributed by atoms with Crippen molar-refractivity contribution in [2.45, 2.75) is 97.8 Å². The summed E-state index contributed by atoms with van der Waals surface area (Å²) in [7, 11) is 0. The van der Waals surface area contributed by atoms with E-state index in [1.165, 1.54) is 64.2 Å². The SMILES string of the molecule is CCCCCCC=CCCCCCCCC(=O)N(CC)CC. The summed E-state index contributed by atoms with van der Waals surface area (Å²) in [6.07, 6.45) is 19.5. The summed E-state index contributed by atoms with van der Waals surface area (Å²) in [5.41, 5.74) is 0. The van der Waals surface area contributed by atoms with E-state index in [1.807, 2.05) is 4.90 Å². The monoisotopic (exact) mass is 309 g/mol. The van der Waals surface area contributed by atoms with E-state index >= 15 is 0 Å². The summed E-state index contributed by atoms with van der Waals surface area (Å²) in [4.78, 5) is 13.8. The van der Waals surface area contributed by atoms with Crippen molar-refractivity contribution in [1.29, 1.82) is 0 Å². The molecule has 0 spiro atoms. The normalized spacial score (nSPS) is 11.2. The topological polar surface area (TPSA) is 20.3 Å². The molecule has 0 atom stereocenters. The van der Waals surface area contributed by atoms with E-state index in [2.05, 4.69) is 32.9 Å². The number of unbranched alkanes of at least 4 members (excludes halogenated alkanes) is 9. The van der Waals surface area contributed by atoms with Crippen LogP contribution < -0.4 is 0 Å². The van der Waals surface area contributed by atoms with Crippen LogP contribution >= 0.6 is 0 Å². The zero-order chi connectivity index (χ0) is 16.5. The van der Waals surface area contributed by atoms with Gasteiger partial charge in [0.05, 0.1) is 0 Å². The van der Waals surface area contributed by atoms with Crippen molar-refractivity contribution in [3.63, 3.8) is 0 Å². The zero-order valence-electron chi connectivity index (χ0n) is 15.4. The number of nitrogens with zero attached hydrogens (tertiary/aromatic N) is 1. The first-order valence-corrected chi connectivity index (χ1v) is 9.68. The van der Waals surface area contributed by atoms with Gasteiger partial charge in [-0.1, -0.05) is 57.6 Å². The number of allylic oxidation sites excluding steroid dienone is 2. The van der Waals surface area contributed by atoms with Crippen molar-refractivity contribution >= 4 is 5.91 Å². The first kappa shape index (κ1) is 21.2. The lowest BCUT2D eigenvalue weighted by Gasteiger charge is -2.18. The minimum absolute atomic E-state index is 0.330. The van der Waals surface area contributed by atoms with Gasteiger partial charge >= 0.3 is 0 Å². The van der Waals surface area contributed by atoms with Crippen molar-refractivity contribution in [2.24, 2.45) is 0 Å². The molecule has 2 heteroatoms. The van der Waals surface area contributed by atoms with Gasteiger partial charge in [0, 0.05) is 19.5 Å². The van der Waals surface area contributed by atoms with Crippen LogP contribution in [0.5, 0.6) is 0 Å².